The van der Waals surface area contributed by atoms with Gasteiger partial charge in [-0.15, -0.1) is 12.4 Å². The Bertz CT molecular complexity index is 1170. The number of aryl methyl sites for hydroxylation is 3. The molecule has 6 nitrogen and oxygen atoms in total. The summed E-state index contributed by atoms with van der Waals surface area (Å²) in [7, 11) is 2.12. The first kappa shape index (κ1) is 19.7. The molecule has 3 heterocycles. The number of pyridine rings is 1. The van der Waals surface area contributed by atoms with E-state index >= 15 is 0 Å². The Morgan fingerprint density at radius 2 is 1.86 bits per heavy atom. The van der Waals surface area contributed by atoms with Crippen LogP contribution in [0.5, 0.6) is 0 Å². The summed E-state index contributed by atoms with van der Waals surface area (Å²) >= 11 is 0. The van der Waals surface area contributed by atoms with E-state index in [2.05, 4.69) is 39.7 Å². The summed E-state index contributed by atoms with van der Waals surface area (Å²) in [6.45, 7) is 3.29. The number of fused-ring (bicyclic) bond motifs is 4. The topological polar surface area (TPSA) is 78.3 Å². The van der Waals surface area contributed by atoms with Crippen LogP contribution in [0.25, 0.3) is 22.2 Å². The maximum Gasteiger partial charge on any atom is 0.341 e. The lowest BCUT2D eigenvalue weighted by atomic mass is 9.99. The van der Waals surface area contributed by atoms with Crippen molar-refractivity contribution < 1.29 is 9.90 Å². The number of halogens is 1. The number of aromatic nitrogens is 2. The zero-order valence-corrected chi connectivity index (χ0v) is 17.1. The molecule has 0 amide bonds. The smallest absolute Gasteiger partial charge is 0.341 e. The summed E-state index contributed by atoms with van der Waals surface area (Å²) < 4.78 is 2.27. The van der Waals surface area contributed by atoms with E-state index in [0.717, 1.165) is 48.0 Å². The number of aromatic carboxylic acids is 1. The van der Waals surface area contributed by atoms with E-state index in [1.807, 2.05) is 0 Å². The number of nitrogens with one attached hydrogen (secondary N) is 1. The number of nitrogens with zero attached hydrogens (tertiary/aromatic N) is 2. The molecule has 1 fully saturated rings. The average molecular weight is 414 g/mol. The number of hydrogen-bond acceptors (Lipinski definition) is 3. The van der Waals surface area contributed by atoms with Crippen molar-refractivity contribution in [2.45, 2.75) is 32.2 Å². The summed E-state index contributed by atoms with van der Waals surface area (Å²) in [4.78, 5) is 28.9. The lowest BCUT2D eigenvalue weighted by molar-refractivity contribution is 0.0695. The summed E-state index contributed by atoms with van der Waals surface area (Å²) in [6, 6.07) is 8.19. The van der Waals surface area contributed by atoms with Crippen molar-refractivity contribution in [3.63, 3.8) is 0 Å². The molecular weight excluding hydrogens is 390 g/mol. The lowest BCUT2D eigenvalue weighted by Crippen LogP contribution is -2.36. The number of aromatic amines is 1. The van der Waals surface area contributed by atoms with Crippen LogP contribution in [0.1, 0.15) is 40.0 Å². The van der Waals surface area contributed by atoms with Crippen LogP contribution in [-0.4, -0.2) is 38.6 Å². The third-order valence-corrected chi connectivity index (χ3v) is 6.22. The highest BCUT2D eigenvalue weighted by molar-refractivity contribution is 5.90. The van der Waals surface area contributed by atoms with Gasteiger partial charge in [0.05, 0.1) is 5.69 Å². The minimum atomic E-state index is -1.18. The van der Waals surface area contributed by atoms with Gasteiger partial charge in [0.1, 0.15) is 5.56 Å². The molecule has 0 saturated carbocycles. The van der Waals surface area contributed by atoms with Crippen molar-refractivity contribution in [2.24, 2.45) is 7.05 Å². The standard InChI is InChI=1S/C22H23N3O3.ClH/c1-24-16(12-25-6-3-7-25)8-15-10-17-13(11-19(15)24)4-2-5-14-9-18(22(27)28)21(26)23-20(14)17;/h8-11H,2-7,12H2,1H3,(H,23,26)(H,27,28);1H. The quantitative estimate of drug-likeness (QED) is 0.690. The second kappa shape index (κ2) is 7.35. The first-order chi connectivity index (χ1) is 13.5. The zero-order chi connectivity index (χ0) is 19.4. The Labute approximate surface area is 174 Å². The molecule has 0 radical (unpaired) electrons. The Morgan fingerprint density at radius 1 is 1.10 bits per heavy atom. The zero-order valence-electron chi connectivity index (χ0n) is 16.3. The molecule has 0 atom stereocenters. The molecule has 1 aliphatic carbocycles. The largest absolute Gasteiger partial charge is 0.477 e. The van der Waals surface area contributed by atoms with Gasteiger partial charge in [-0.3, -0.25) is 9.69 Å². The van der Waals surface area contributed by atoms with E-state index in [9.17, 15) is 14.7 Å². The van der Waals surface area contributed by atoms with Crippen LogP contribution in [0.3, 0.4) is 0 Å². The fourth-order valence-corrected chi connectivity index (χ4v) is 4.48. The Balaban J connectivity index is 0.00000205. The second-order valence-electron chi connectivity index (χ2n) is 7.96. The van der Waals surface area contributed by atoms with E-state index in [1.54, 1.807) is 6.07 Å². The molecule has 1 aromatic carbocycles. The first-order valence-corrected chi connectivity index (χ1v) is 9.85. The number of carboxylic acid groups (broad SMARTS) is 1. The highest BCUT2D eigenvalue weighted by atomic mass is 35.5. The number of carboxylic acids is 1. The predicted octanol–water partition coefficient (Wildman–Crippen LogP) is 3.35. The summed E-state index contributed by atoms with van der Waals surface area (Å²) in [6.07, 6.45) is 3.89. The minimum Gasteiger partial charge on any atom is -0.477 e. The summed E-state index contributed by atoms with van der Waals surface area (Å²) in [5.74, 6) is -1.18. The normalized spacial score (nSPS) is 15.8. The van der Waals surface area contributed by atoms with Crippen molar-refractivity contribution in [3.05, 3.63) is 57.0 Å². The van der Waals surface area contributed by atoms with Crippen molar-refractivity contribution in [1.82, 2.24) is 14.5 Å². The van der Waals surface area contributed by atoms with Crippen molar-refractivity contribution in [3.8, 4) is 11.3 Å². The SMILES string of the molecule is Cl.Cn1c(CN2CCC2)cc2cc3c(cc21)CCCc1cc(C(=O)O)c(=O)[nH]c1-3. The van der Waals surface area contributed by atoms with E-state index in [0.29, 0.717) is 0 Å². The molecule has 2 aliphatic rings. The number of H-pyrrole nitrogens is 1. The molecule has 1 saturated heterocycles. The fraction of sp³-hybridized carbons (Fsp3) is 0.364. The molecule has 0 spiro atoms. The number of benzene rings is 1. The van der Waals surface area contributed by atoms with Crippen molar-refractivity contribution in [2.75, 3.05) is 13.1 Å². The first-order valence-electron chi connectivity index (χ1n) is 9.85. The second-order valence-corrected chi connectivity index (χ2v) is 7.96. The highest BCUT2D eigenvalue weighted by Crippen LogP contribution is 2.35. The van der Waals surface area contributed by atoms with Crippen LogP contribution >= 0.6 is 12.4 Å². The lowest BCUT2D eigenvalue weighted by Gasteiger charge is -2.30. The van der Waals surface area contributed by atoms with Gasteiger partial charge >= 0.3 is 5.97 Å². The van der Waals surface area contributed by atoms with Gasteiger partial charge in [-0.2, -0.15) is 0 Å². The van der Waals surface area contributed by atoms with Gasteiger partial charge in [-0.1, -0.05) is 0 Å². The van der Waals surface area contributed by atoms with Gasteiger partial charge in [0.25, 0.3) is 5.56 Å². The van der Waals surface area contributed by atoms with Crippen LogP contribution in [0.2, 0.25) is 0 Å². The minimum absolute atomic E-state index is 0. The maximum absolute atomic E-state index is 12.3. The van der Waals surface area contributed by atoms with E-state index in [1.165, 1.54) is 36.3 Å². The Kier molecular flexibility index (Phi) is 5.00. The third kappa shape index (κ3) is 3.26. The summed E-state index contributed by atoms with van der Waals surface area (Å²) in [5.41, 5.74) is 5.71. The molecule has 29 heavy (non-hydrogen) atoms. The number of carbonyl (C=O) groups is 1. The molecule has 2 aromatic heterocycles. The molecule has 2 N–H and O–H groups in total. The van der Waals surface area contributed by atoms with E-state index < -0.39 is 11.5 Å². The predicted molar refractivity (Wildman–Crippen MR) is 115 cm³/mol. The summed E-state index contributed by atoms with van der Waals surface area (Å²) in [5, 5.41) is 10.4. The van der Waals surface area contributed by atoms with Gasteiger partial charge < -0.3 is 14.7 Å². The van der Waals surface area contributed by atoms with Crippen molar-refractivity contribution in [1.29, 1.82) is 0 Å². The molecule has 152 valence electrons. The van der Waals surface area contributed by atoms with Gasteiger partial charge in [0.2, 0.25) is 0 Å². The van der Waals surface area contributed by atoms with Gasteiger partial charge in [0, 0.05) is 35.8 Å². The van der Waals surface area contributed by atoms with Gasteiger partial charge in [-0.25, -0.2) is 4.79 Å². The highest BCUT2D eigenvalue weighted by Gasteiger charge is 2.22. The number of likely N-dealkylation sites (tertiary alicyclic amines) is 1. The molecule has 3 aromatic rings. The third-order valence-electron chi connectivity index (χ3n) is 6.22. The molecule has 7 heteroatoms. The molecule has 1 aliphatic heterocycles. The Hall–Kier alpha value is -2.57. The van der Waals surface area contributed by atoms with E-state index in [-0.39, 0.29) is 18.0 Å². The molecular formula is C22H24ClN3O3. The van der Waals surface area contributed by atoms with Gasteiger partial charge in [-0.05, 0) is 74.2 Å². The monoisotopic (exact) mass is 413 g/mol. The van der Waals surface area contributed by atoms with Crippen LogP contribution < -0.4 is 5.56 Å². The molecule has 5 rings (SSSR count). The van der Waals surface area contributed by atoms with Crippen LogP contribution in [0.4, 0.5) is 0 Å². The van der Waals surface area contributed by atoms with Crippen molar-refractivity contribution >= 4 is 29.3 Å². The molecule has 0 unspecified atom stereocenters. The number of rotatable bonds is 3. The number of hydrogen-bond donors (Lipinski definition) is 2. The maximum atomic E-state index is 12.3. The fourth-order valence-electron chi connectivity index (χ4n) is 4.48. The van der Waals surface area contributed by atoms with Crippen LogP contribution in [-0.2, 0) is 26.4 Å². The van der Waals surface area contributed by atoms with E-state index in [4.69, 9.17) is 0 Å². The van der Waals surface area contributed by atoms with Crippen LogP contribution in [0.15, 0.2) is 29.1 Å². The molecule has 0 bridgehead atoms. The average Bonchev–Trinajstić information content (AvgIpc) is 2.82. The van der Waals surface area contributed by atoms with Gasteiger partial charge in [0.15, 0.2) is 0 Å². The van der Waals surface area contributed by atoms with Crippen LogP contribution in [0, 0.1) is 0 Å². The Morgan fingerprint density at radius 3 is 2.55 bits per heavy atom.